The molecule has 2 aliphatic carbocycles. The molecule has 2 fully saturated rings. The van der Waals surface area contributed by atoms with Crippen LogP contribution < -0.4 is 5.32 Å². The van der Waals surface area contributed by atoms with Gasteiger partial charge in [0.15, 0.2) is 0 Å². The smallest absolute Gasteiger partial charge is 0.00106 e. The summed E-state index contributed by atoms with van der Waals surface area (Å²) in [7, 11) is 0. The van der Waals surface area contributed by atoms with E-state index in [1.807, 2.05) is 0 Å². The van der Waals surface area contributed by atoms with Crippen LogP contribution in [0.5, 0.6) is 0 Å². The van der Waals surface area contributed by atoms with E-state index in [1.165, 1.54) is 70.8 Å². The van der Waals surface area contributed by atoms with Crippen molar-refractivity contribution in [2.45, 2.75) is 97.4 Å². The third-order valence-corrected chi connectivity index (χ3v) is 5.66. The highest BCUT2D eigenvalue weighted by atomic mass is 14.9. The molecule has 0 spiro atoms. The van der Waals surface area contributed by atoms with Gasteiger partial charge in [0.05, 0.1) is 0 Å². The van der Waals surface area contributed by atoms with Gasteiger partial charge in [0, 0.05) is 12.6 Å². The topological polar surface area (TPSA) is 12.0 Å². The van der Waals surface area contributed by atoms with Gasteiger partial charge in [0.1, 0.15) is 0 Å². The molecule has 2 aliphatic rings. The normalized spacial score (nSPS) is 31.8. The second-order valence-corrected chi connectivity index (χ2v) is 8.07. The van der Waals surface area contributed by atoms with Crippen LogP contribution in [0.4, 0.5) is 0 Å². The van der Waals surface area contributed by atoms with E-state index in [0.29, 0.717) is 11.5 Å². The lowest BCUT2D eigenvalue weighted by Gasteiger charge is -2.32. The third-order valence-electron chi connectivity index (χ3n) is 5.66. The van der Waals surface area contributed by atoms with E-state index in [-0.39, 0.29) is 0 Å². The highest BCUT2D eigenvalue weighted by molar-refractivity contribution is 5.04. The van der Waals surface area contributed by atoms with Gasteiger partial charge in [-0.05, 0) is 42.9 Å². The molecule has 2 atom stereocenters. The second kappa shape index (κ2) is 7.82. The van der Waals surface area contributed by atoms with E-state index in [9.17, 15) is 0 Å². The number of hydrogen-bond acceptors (Lipinski definition) is 1. The monoisotopic (exact) mass is 279 g/mol. The van der Waals surface area contributed by atoms with E-state index in [1.54, 1.807) is 6.42 Å². The average molecular weight is 280 g/mol. The summed E-state index contributed by atoms with van der Waals surface area (Å²) in [5, 5.41) is 3.74. The fourth-order valence-corrected chi connectivity index (χ4v) is 4.32. The SMILES string of the molecule is CCCCCCCCCC1(CNC(C)C)CC2CC2C1. The molecule has 0 saturated heterocycles. The van der Waals surface area contributed by atoms with E-state index in [4.69, 9.17) is 0 Å². The minimum Gasteiger partial charge on any atom is -0.314 e. The number of fused-ring (bicyclic) bond motifs is 1. The summed E-state index contributed by atoms with van der Waals surface area (Å²) in [5.41, 5.74) is 0.682. The van der Waals surface area contributed by atoms with Crippen LogP contribution >= 0.6 is 0 Å². The van der Waals surface area contributed by atoms with E-state index in [2.05, 4.69) is 26.1 Å². The van der Waals surface area contributed by atoms with E-state index >= 15 is 0 Å². The maximum absolute atomic E-state index is 3.74. The molecule has 0 aromatic rings. The van der Waals surface area contributed by atoms with Crippen molar-refractivity contribution in [2.75, 3.05) is 6.54 Å². The molecule has 1 N–H and O–H groups in total. The van der Waals surface area contributed by atoms with Crippen molar-refractivity contribution in [1.82, 2.24) is 5.32 Å². The molecule has 0 heterocycles. The molecule has 1 nitrogen and oxygen atoms in total. The average Bonchev–Trinajstić information content (AvgIpc) is 3.04. The predicted molar refractivity (Wildman–Crippen MR) is 89.0 cm³/mol. The lowest BCUT2D eigenvalue weighted by Crippen LogP contribution is -2.36. The lowest BCUT2D eigenvalue weighted by molar-refractivity contribution is 0.216. The van der Waals surface area contributed by atoms with Crippen LogP contribution in [0.15, 0.2) is 0 Å². The molecule has 0 aliphatic heterocycles. The quantitative estimate of drug-likeness (QED) is 0.489. The van der Waals surface area contributed by atoms with Crippen LogP contribution in [0.25, 0.3) is 0 Å². The van der Waals surface area contributed by atoms with Crippen LogP contribution in [0.2, 0.25) is 0 Å². The minimum atomic E-state index is 0.651. The van der Waals surface area contributed by atoms with Crippen LogP contribution in [0.3, 0.4) is 0 Å². The van der Waals surface area contributed by atoms with Gasteiger partial charge in [0.25, 0.3) is 0 Å². The van der Waals surface area contributed by atoms with Crippen molar-refractivity contribution in [3.63, 3.8) is 0 Å². The molecule has 20 heavy (non-hydrogen) atoms. The molecular formula is C19H37N. The first-order valence-electron chi connectivity index (χ1n) is 9.38. The second-order valence-electron chi connectivity index (χ2n) is 8.07. The lowest BCUT2D eigenvalue weighted by atomic mass is 9.78. The summed E-state index contributed by atoms with van der Waals surface area (Å²) in [4.78, 5) is 0. The summed E-state index contributed by atoms with van der Waals surface area (Å²) in [5.74, 6) is 2.24. The number of unbranched alkanes of at least 4 members (excludes halogenated alkanes) is 6. The molecule has 2 unspecified atom stereocenters. The van der Waals surface area contributed by atoms with Crippen molar-refractivity contribution in [2.24, 2.45) is 17.3 Å². The molecule has 1 heteroatoms. The first kappa shape index (κ1) is 16.3. The van der Waals surface area contributed by atoms with Crippen LogP contribution in [-0.2, 0) is 0 Å². The Morgan fingerprint density at radius 3 is 2.15 bits per heavy atom. The Bertz CT molecular complexity index is 261. The van der Waals surface area contributed by atoms with E-state index < -0.39 is 0 Å². The van der Waals surface area contributed by atoms with Crippen molar-refractivity contribution < 1.29 is 0 Å². The van der Waals surface area contributed by atoms with Gasteiger partial charge in [-0.15, -0.1) is 0 Å². The zero-order valence-electron chi connectivity index (χ0n) is 14.2. The van der Waals surface area contributed by atoms with Gasteiger partial charge in [0.2, 0.25) is 0 Å². The maximum atomic E-state index is 3.74. The Morgan fingerprint density at radius 1 is 0.950 bits per heavy atom. The fraction of sp³-hybridized carbons (Fsp3) is 1.00. The summed E-state index contributed by atoms with van der Waals surface area (Å²) >= 11 is 0. The Morgan fingerprint density at radius 2 is 1.55 bits per heavy atom. The number of rotatable bonds is 11. The first-order chi connectivity index (χ1) is 9.65. The van der Waals surface area contributed by atoms with Crippen molar-refractivity contribution in [1.29, 1.82) is 0 Å². The predicted octanol–water partition coefficient (Wildman–Crippen LogP) is 5.54. The summed E-state index contributed by atoms with van der Waals surface area (Å²) < 4.78 is 0. The molecule has 0 aromatic heterocycles. The van der Waals surface area contributed by atoms with Gasteiger partial charge in [-0.25, -0.2) is 0 Å². The zero-order chi connectivity index (χ0) is 14.4. The molecule has 0 amide bonds. The van der Waals surface area contributed by atoms with Gasteiger partial charge in [-0.1, -0.05) is 65.7 Å². The Labute approximate surface area is 127 Å². The standard InChI is InChI=1S/C19H37N/c1-4-5-6-7-8-9-10-11-19(15-20-16(2)3)13-17-12-18(17)14-19/h16-18,20H,4-15H2,1-3H3. The minimum absolute atomic E-state index is 0.651. The van der Waals surface area contributed by atoms with Crippen molar-refractivity contribution in [3.8, 4) is 0 Å². The van der Waals surface area contributed by atoms with Gasteiger partial charge >= 0.3 is 0 Å². The molecule has 0 bridgehead atoms. The van der Waals surface area contributed by atoms with Crippen LogP contribution in [-0.4, -0.2) is 12.6 Å². The van der Waals surface area contributed by atoms with Crippen LogP contribution in [0.1, 0.15) is 91.4 Å². The summed E-state index contributed by atoms with van der Waals surface area (Å²) in [6.45, 7) is 8.17. The molecule has 118 valence electrons. The first-order valence-corrected chi connectivity index (χ1v) is 9.38. The fourth-order valence-electron chi connectivity index (χ4n) is 4.32. The molecular weight excluding hydrogens is 242 g/mol. The Kier molecular flexibility index (Phi) is 6.39. The zero-order valence-corrected chi connectivity index (χ0v) is 14.2. The van der Waals surface area contributed by atoms with Gasteiger partial charge in [-0.3, -0.25) is 0 Å². The molecule has 0 aromatic carbocycles. The highest BCUT2D eigenvalue weighted by Gasteiger charge is 2.52. The Balaban J connectivity index is 1.61. The van der Waals surface area contributed by atoms with E-state index in [0.717, 1.165) is 11.8 Å². The van der Waals surface area contributed by atoms with Gasteiger partial charge in [-0.2, -0.15) is 0 Å². The number of hydrogen-bond donors (Lipinski definition) is 1. The molecule has 2 saturated carbocycles. The molecule has 0 radical (unpaired) electrons. The number of nitrogens with one attached hydrogen (secondary N) is 1. The van der Waals surface area contributed by atoms with Gasteiger partial charge < -0.3 is 5.32 Å². The third kappa shape index (κ3) is 5.06. The largest absolute Gasteiger partial charge is 0.314 e. The van der Waals surface area contributed by atoms with Crippen molar-refractivity contribution >= 4 is 0 Å². The maximum Gasteiger partial charge on any atom is 0.00106 e. The van der Waals surface area contributed by atoms with Crippen LogP contribution in [0, 0.1) is 17.3 Å². The summed E-state index contributed by atoms with van der Waals surface area (Å²) in [6, 6.07) is 0.651. The summed E-state index contributed by atoms with van der Waals surface area (Å²) in [6.07, 6.45) is 16.3. The molecule has 2 rings (SSSR count). The van der Waals surface area contributed by atoms with Crippen molar-refractivity contribution in [3.05, 3.63) is 0 Å². The highest BCUT2D eigenvalue weighted by Crippen LogP contribution is 2.61. The Hall–Kier alpha value is -0.0400.